The standard InChI is InChI=1S/C12H21ClN4O/c1-5-17(7-6-10(18)8(2)3)12-14-9(4)11(13)15-16-12/h8,10,18H,5-7H2,1-4H3. The second kappa shape index (κ2) is 6.85. The van der Waals surface area contributed by atoms with Gasteiger partial charge in [-0.15, -0.1) is 10.2 Å². The lowest BCUT2D eigenvalue weighted by atomic mass is 10.0. The van der Waals surface area contributed by atoms with Crippen LogP contribution in [0.15, 0.2) is 0 Å². The van der Waals surface area contributed by atoms with E-state index in [1.165, 1.54) is 0 Å². The van der Waals surface area contributed by atoms with E-state index in [9.17, 15) is 5.11 Å². The molecule has 1 unspecified atom stereocenters. The lowest BCUT2D eigenvalue weighted by molar-refractivity contribution is 0.118. The first-order chi connectivity index (χ1) is 8.45. The Morgan fingerprint density at radius 2 is 2.00 bits per heavy atom. The maximum absolute atomic E-state index is 9.81. The fraction of sp³-hybridized carbons (Fsp3) is 0.750. The molecular weight excluding hydrogens is 252 g/mol. The lowest BCUT2D eigenvalue weighted by Gasteiger charge is -2.23. The van der Waals surface area contributed by atoms with Crippen LogP contribution in [-0.2, 0) is 0 Å². The van der Waals surface area contributed by atoms with E-state index in [1.807, 2.05) is 25.7 Å². The fourth-order valence-corrected chi connectivity index (χ4v) is 1.61. The molecule has 1 rings (SSSR count). The highest BCUT2D eigenvalue weighted by atomic mass is 35.5. The molecule has 0 aliphatic heterocycles. The predicted molar refractivity (Wildman–Crippen MR) is 72.9 cm³/mol. The highest BCUT2D eigenvalue weighted by Crippen LogP contribution is 2.14. The van der Waals surface area contributed by atoms with Gasteiger partial charge in [0.2, 0.25) is 5.95 Å². The van der Waals surface area contributed by atoms with Gasteiger partial charge in [-0.25, -0.2) is 4.98 Å². The third-order valence-electron chi connectivity index (χ3n) is 2.92. The molecule has 102 valence electrons. The number of aliphatic hydroxyl groups is 1. The second-order valence-electron chi connectivity index (χ2n) is 4.67. The van der Waals surface area contributed by atoms with Gasteiger partial charge >= 0.3 is 0 Å². The normalized spacial score (nSPS) is 12.8. The molecule has 0 bridgehead atoms. The van der Waals surface area contributed by atoms with Crippen molar-refractivity contribution in [3.05, 3.63) is 10.8 Å². The summed E-state index contributed by atoms with van der Waals surface area (Å²) in [5, 5.41) is 18.0. The van der Waals surface area contributed by atoms with E-state index in [0.717, 1.165) is 6.54 Å². The van der Waals surface area contributed by atoms with E-state index >= 15 is 0 Å². The smallest absolute Gasteiger partial charge is 0.245 e. The number of aromatic nitrogens is 3. The molecule has 0 fully saturated rings. The zero-order valence-electron chi connectivity index (χ0n) is 11.4. The Kier molecular flexibility index (Phi) is 5.75. The number of rotatable bonds is 6. The Hall–Kier alpha value is -0.940. The summed E-state index contributed by atoms with van der Waals surface area (Å²) in [7, 11) is 0. The summed E-state index contributed by atoms with van der Waals surface area (Å²) in [4.78, 5) is 6.29. The molecule has 6 heteroatoms. The summed E-state index contributed by atoms with van der Waals surface area (Å²) < 4.78 is 0. The number of aliphatic hydroxyl groups excluding tert-OH is 1. The first kappa shape index (κ1) is 15.1. The van der Waals surface area contributed by atoms with Crippen LogP contribution in [-0.4, -0.2) is 39.5 Å². The van der Waals surface area contributed by atoms with Crippen LogP contribution in [0.5, 0.6) is 0 Å². The van der Waals surface area contributed by atoms with Gasteiger partial charge < -0.3 is 10.0 Å². The minimum atomic E-state index is -0.305. The molecule has 0 amide bonds. The van der Waals surface area contributed by atoms with Crippen LogP contribution >= 0.6 is 11.6 Å². The van der Waals surface area contributed by atoms with Gasteiger partial charge in [0, 0.05) is 13.1 Å². The molecule has 0 aliphatic carbocycles. The molecular formula is C12H21ClN4O. The van der Waals surface area contributed by atoms with E-state index in [1.54, 1.807) is 6.92 Å². The zero-order valence-corrected chi connectivity index (χ0v) is 12.1. The number of anilines is 1. The Morgan fingerprint density at radius 1 is 1.33 bits per heavy atom. The molecule has 0 aliphatic rings. The zero-order chi connectivity index (χ0) is 13.7. The van der Waals surface area contributed by atoms with Crippen LogP contribution < -0.4 is 4.90 Å². The Morgan fingerprint density at radius 3 is 2.50 bits per heavy atom. The first-order valence-electron chi connectivity index (χ1n) is 6.25. The van der Waals surface area contributed by atoms with E-state index in [2.05, 4.69) is 15.2 Å². The molecule has 1 aromatic heterocycles. The maximum Gasteiger partial charge on any atom is 0.245 e. The summed E-state index contributed by atoms with van der Waals surface area (Å²) in [6.07, 6.45) is 0.386. The molecule has 0 saturated heterocycles. The Balaban J connectivity index is 2.68. The van der Waals surface area contributed by atoms with Crippen LogP contribution in [0.4, 0.5) is 5.95 Å². The molecule has 18 heavy (non-hydrogen) atoms. The third-order valence-corrected chi connectivity index (χ3v) is 3.27. The molecule has 5 nitrogen and oxygen atoms in total. The van der Waals surface area contributed by atoms with Crippen LogP contribution in [0.2, 0.25) is 5.15 Å². The van der Waals surface area contributed by atoms with Crippen LogP contribution in [0, 0.1) is 12.8 Å². The van der Waals surface area contributed by atoms with Crippen LogP contribution in [0.1, 0.15) is 32.9 Å². The first-order valence-corrected chi connectivity index (χ1v) is 6.63. The van der Waals surface area contributed by atoms with Crippen molar-refractivity contribution in [3.63, 3.8) is 0 Å². The van der Waals surface area contributed by atoms with Crippen molar-refractivity contribution in [2.24, 2.45) is 5.92 Å². The van der Waals surface area contributed by atoms with E-state index in [0.29, 0.717) is 29.8 Å². The van der Waals surface area contributed by atoms with Crippen molar-refractivity contribution < 1.29 is 5.11 Å². The summed E-state index contributed by atoms with van der Waals surface area (Å²) in [5.41, 5.74) is 0.671. The predicted octanol–water partition coefficient (Wildman–Crippen LogP) is 2.07. The maximum atomic E-state index is 9.81. The summed E-state index contributed by atoms with van der Waals surface area (Å²) in [6, 6.07) is 0. The number of hydrogen-bond donors (Lipinski definition) is 1. The van der Waals surface area contributed by atoms with Gasteiger partial charge in [-0.1, -0.05) is 25.4 Å². The number of aryl methyl sites for hydroxylation is 1. The second-order valence-corrected chi connectivity index (χ2v) is 5.03. The highest BCUT2D eigenvalue weighted by molar-refractivity contribution is 6.29. The molecule has 0 spiro atoms. The van der Waals surface area contributed by atoms with Crippen molar-refractivity contribution >= 4 is 17.5 Å². The summed E-state index contributed by atoms with van der Waals surface area (Å²) in [6.45, 7) is 9.31. The average Bonchev–Trinajstić information content (AvgIpc) is 2.33. The quantitative estimate of drug-likeness (QED) is 0.859. The third kappa shape index (κ3) is 4.07. The van der Waals surface area contributed by atoms with Gasteiger partial charge in [-0.2, -0.15) is 0 Å². The topological polar surface area (TPSA) is 62.1 Å². The van der Waals surface area contributed by atoms with Crippen LogP contribution in [0.25, 0.3) is 0 Å². The molecule has 1 N–H and O–H groups in total. The SMILES string of the molecule is CCN(CCC(O)C(C)C)c1nnc(Cl)c(C)n1. The molecule has 0 aromatic carbocycles. The van der Waals surface area contributed by atoms with E-state index in [-0.39, 0.29) is 12.0 Å². The van der Waals surface area contributed by atoms with Gasteiger partial charge in [-0.3, -0.25) is 0 Å². The van der Waals surface area contributed by atoms with E-state index in [4.69, 9.17) is 11.6 Å². The van der Waals surface area contributed by atoms with Gasteiger partial charge in [0.1, 0.15) is 0 Å². The molecule has 1 aromatic rings. The van der Waals surface area contributed by atoms with Gasteiger partial charge in [0.25, 0.3) is 0 Å². The number of hydrogen-bond acceptors (Lipinski definition) is 5. The van der Waals surface area contributed by atoms with Crippen molar-refractivity contribution in [2.75, 3.05) is 18.0 Å². The lowest BCUT2D eigenvalue weighted by Crippen LogP contribution is -2.30. The Bertz CT molecular complexity index is 386. The number of nitrogens with zero attached hydrogens (tertiary/aromatic N) is 4. The molecule has 1 atom stereocenters. The highest BCUT2D eigenvalue weighted by Gasteiger charge is 2.14. The minimum Gasteiger partial charge on any atom is -0.393 e. The monoisotopic (exact) mass is 272 g/mol. The summed E-state index contributed by atoms with van der Waals surface area (Å²) in [5.74, 6) is 0.824. The number of halogens is 1. The fourth-order valence-electron chi connectivity index (χ4n) is 1.53. The van der Waals surface area contributed by atoms with Crippen molar-refractivity contribution in [3.8, 4) is 0 Å². The molecule has 0 saturated carbocycles. The van der Waals surface area contributed by atoms with E-state index < -0.39 is 0 Å². The summed E-state index contributed by atoms with van der Waals surface area (Å²) >= 11 is 5.80. The minimum absolute atomic E-state index is 0.259. The molecule has 1 heterocycles. The van der Waals surface area contributed by atoms with Crippen molar-refractivity contribution in [2.45, 2.75) is 40.2 Å². The van der Waals surface area contributed by atoms with Gasteiger partial charge in [-0.05, 0) is 26.2 Å². The average molecular weight is 273 g/mol. The largest absolute Gasteiger partial charge is 0.393 e. The van der Waals surface area contributed by atoms with Crippen LogP contribution in [0.3, 0.4) is 0 Å². The van der Waals surface area contributed by atoms with Crippen molar-refractivity contribution in [1.82, 2.24) is 15.2 Å². The van der Waals surface area contributed by atoms with Gasteiger partial charge in [0.15, 0.2) is 5.15 Å². The van der Waals surface area contributed by atoms with Crippen molar-refractivity contribution in [1.29, 1.82) is 0 Å². The Labute approximate surface area is 113 Å². The molecule has 0 radical (unpaired) electrons. The van der Waals surface area contributed by atoms with Gasteiger partial charge in [0.05, 0.1) is 11.8 Å².